The van der Waals surface area contributed by atoms with E-state index in [1.165, 1.54) is 0 Å². The van der Waals surface area contributed by atoms with Gasteiger partial charge in [0.15, 0.2) is 6.29 Å². The highest BCUT2D eigenvalue weighted by atomic mass is 35.5. The fourth-order valence-electron chi connectivity index (χ4n) is 1.73. The number of rotatable bonds is 3. The minimum Gasteiger partial charge on any atom is -0.465 e. The molecule has 1 heterocycles. The van der Waals surface area contributed by atoms with Crippen LogP contribution in [0.25, 0.3) is 0 Å². The molecule has 0 saturated carbocycles. The van der Waals surface area contributed by atoms with E-state index in [-0.39, 0.29) is 6.29 Å². The van der Waals surface area contributed by atoms with E-state index in [1.807, 2.05) is 0 Å². The maximum atomic E-state index is 5.96. The monoisotopic (exact) mass is 294 g/mol. The van der Waals surface area contributed by atoms with E-state index < -0.39 is 0 Å². The molecule has 0 amide bonds. The zero-order valence-electron chi connectivity index (χ0n) is 9.22. The smallest absolute Gasteiger partial charge is 0.199 e. The third-order valence-electron chi connectivity index (χ3n) is 2.64. The van der Waals surface area contributed by atoms with Gasteiger partial charge < -0.3 is 9.47 Å². The minimum atomic E-state index is -0.206. The molecule has 1 aliphatic heterocycles. The summed E-state index contributed by atoms with van der Waals surface area (Å²) in [5.74, 6) is 0.986. The maximum absolute atomic E-state index is 5.96. The van der Waals surface area contributed by atoms with Crippen molar-refractivity contribution in [1.29, 1.82) is 0 Å². The molecule has 2 nitrogen and oxygen atoms in total. The van der Waals surface area contributed by atoms with Crippen molar-refractivity contribution < 1.29 is 9.47 Å². The summed E-state index contributed by atoms with van der Waals surface area (Å²) in [5.41, 5.74) is 0.829. The van der Waals surface area contributed by atoms with Crippen molar-refractivity contribution in [2.75, 3.05) is 6.61 Å². The number of halogens is 3. The molecule has 1 unspecified atom stereocenters. The summed E-state index contributed by atoms with van der Waals surface area (Å²) >= 11 is 17.7. The number of hydrogen-bond donors (Lipinski definition) is 0. The lowest BCUT2D eigenvalue weighted by Crippen LogP contribution is -2.25. The topological polar surface area (TPSA) is 18.5 Å². The Morgan fingerprint density at radius 1 is 1.24 bits per heavy atom. The molecule has 1 fully saturated rings. The maximum Gasteiger partial charge on any atom is 0.199 e. The number of ether oxygens (including phenoxy) is 2. The molecule has 1 aromatic rings. The van der Waals surface area contributed by atoms with Gasteiger partial charge in [-0.1, -0.05) is 23.2 Å². The fourth-order valence-corrected chi connectivity index (χ4v) is 2.28. The molecule has 1 aromatic carbocycles. The van der Waals surface area contributed by atoms with E-state index in [9.17, 15) is 0 Å². The molecular formula is C12H13Cl3O2. The van der Waals surface area contributed by atoms with Gasteiger partial charge in [-0.15, -0.1) is 11.6 Å². The van der Waals surface area contributed by atoms with Gasteiger partial charge in [-0.2, -0.15) is 0 Å². The third kappa shape index (κ3) is 3.41. The summed E-state index contributed by atoms with van der Waals surface area (Å²) in [6, 6.07) is 3.43. The molecule has 0 N–H and O–H groups in total. The fraction of sp³-hybridized carbons (Fsp3) is 0.500. The Labute approximate surface area is 116 Å². The molecule has 0 spiro atoms. The second-order valence-corrected chi connectivity index (χ2v) is 5.00. The summed E-state index contributed by atoms with van der Waals surface area (Å²) in [6.45, 7) is 0.738. The first kappa shape index (κ1) is 13.3. The van der Waals surface area contributed by atoms with E-state index in [0.717, 1.165) is 31.4 Å². The van der Waals surface area contributed by atoms with Crippen LogP contribution in [0.2, 0.25) is 10.0 Å². The van der Waals surface area contributed by atoms with E-state index in [1.54, 1.807) is 12.1 Å². The largest absolute Gasteiger partial charge is 0.465 e. The molecule has 94 valence electrons. The van der Waals surface area contributed by atoms with E-state index in [0.29, 0.717) is 21.7 Å². The highest BCUT2D eigenvalue weighted by Gasteiger charge is 2.17. The molecule has 17 heavy (non-hydrogen) atoms. The van der Waals surface area contributed by atoms with Gasteiger partial charge in [-0.05, 0) is 18.9 Å². The summed E-state index contributed by atoms with van der Waals surface area (Å²) in [6.07, 6.45) is 2.89. The standard InChI is InChI=1S/C12H13Cl3O2/c13-7-8-5-9(14)10(15)6-11(8)17-12-3-1-2-4-16-12/h5-6,12H,1-4,7H2. The molecule has 0 aliphatic carbocycles. The zero-order valence-corrected chi connectivity index (χ0v) is 11.5. The number of benzene rings is 1. The van der Waals surface area contributed by atoms with Crippen LogP contribution in [0.3, 0.4) is 0 Å². The lowest BCUT2D eigenvalue weighted by atomic mass is 10.2. The average Bonchev–Trinajstić information content (AvgIpc) is 2.35. The van der Waals surface area contributed by atoms with Crippen LogP contribution in [0, 0.1) is 0 Å². The van der Waals surface area contributed by atoms with Crippen molar-refractivity contribution >= 4 is 34.8 Å². The SMILES string of the molecule is ClCc1cc(Cl)c(Cl)cc1OC1CCCCO1. The Bertz CT molecular complexity index is 390. The van der Waals surface area contributed by atoms with Gasteiger partial charge in [0.25, 0.3) is 0 Å². The second-order valence-electron chi connectivity index (χ2n) is 3.92. The van der Waals surface area contributed by atoms with E-state index in [4.69, 9.17) is 44.3 Å². The van der Waals surface area contributed by atoms with Crippen molar-refractivity contribution in [2.24, 2.45) is 0 Å². The summed E-state index contributed by atoms with van der Waals surface area (Å²) in [5, 5.41) is 0.950. The quantitative estimate of drug-likeness (QED) is 0.756. The second kappa shape index (κ2) is 6.14. The number of hydrogen-bond acceptors (Lipinski definition) is 2. The molecule has 2 rings (SSSR count). The van der Waals surface area contributed by atoms with Crippen LogP contribution in [0.15, 0.2) is 12.1 Å². The van der Waals surface area contributed by atoms with Crippen molar-refractivity contribution in [1.82, 2.24) is 0 Å². The highest BCUT2D eigenvalue weighted by Crippen LogP contribution is 2.33. The van der Waals surface area contributed by atoms with Gasteiger partial charge in [0.05, 0.1) is 22.5 Å². The molecule has 1 aliphatic rings. The Balaban J connectivity index is 2.15. The Morgan fingerprint density at radius 3 is 2.65 bits per heavy atom. The van der Waals surface area contributed by atoms with Gasteiger partial charge in [-0.3, -0.25) is 0 Å². The number of alkyl halides is 1. The van der Waals surface area contributed by atoms with Crippen LogP contribution in [-0.4, -0.2) is 12.9 Å². The van der Waals surface area contributed by atoms with Crippen LogP contribution < -0.4 is 4.74 Å². The lowest BCUT2D eigenvalue weighted by Gasteiger charge is -2.24. The Kier molecular flexibility index (Phi) is 4.80. The third-order valence-corrected chi connectivity index (χ3v) is 3.65. The van der Waals surface area contributed by atoms with E-state index >= 15 is 0 Å². The first-order valence-electron chi connectivity index (χ1n) is 5.53. The predicted molar refractivity (Wildman–Crippen MR) is 70.2 cm³/mol. The van der Waals surface area contributed by atoms with Crippen LogP contribution in [0.1, 0.15) is 24.8 Å². The van der Waals surface area contributed by atoms with E-state index in [2.05, 4.69) is 0 Å². The van der Waals surface area contributed by atoms with Crippen molar-refractivity contribution in [3.05, 3.63) is 27.7 Å². The molecule has 5 heteroatoms. The van der Waals surface area contributed by atoms with Gasteiger partial charge in [0, 0.05) is 18.1 Å². The molecular weight excluding hydrogens is 282 g/mol. The van der Waals surface area contributed by atoms with Gasteiger partial charge >= 0.3 is 0 Å². The summed E-state index contributed by atoms with van der Waals surface area (Å²) < 4.78 is 11.3. The minimum absolute atomic E-state index is 0.206. The highest BCUT2D eigenvalue weighted by molar-refractivity contribution is 6.42. The normalized spacial score (nSPS) is 20.3. The van der Waals surface area contributed by atoms with Crippen molar-refractivity contribution in [2.45, 2.75) is 31.4 Å². The molecule has 0 radical (unpaired) electrons. The Morgan fingerprint density at radius 2 is 2.00 bits per heavy atom. The van der Waals surface area contributed by atoms with Gasteiger partial charge in [0.2, 0.25) is 0 Å². The predicted octanol–water partition coefficient (Wildman–Crippen LogP) is 4.64. The van der Waals surface area contributed by atoms with Gasteiger partial charge in [-0.25, -0.2) is 0 Å². The molecule has 0 aromatic heterocycles. The van der Waals surface area contributed by atoms with Crippen LogP contribution in [0.4, 0.5) is 0 Å². The molecule has 1 saturated heterocycles. The first-order chi connectivity index (χ1) is 8.20. The van der Waals surface area contributed by atoms with Crippen molar-refractivity contribution in [3.8, 4) is 5.75 Å². The summed E-state index contributed by atoms with van der Waals surface area (Å²) in [4.78, 5) is 0. The first-order valence-corrected chi connectivity index (χ1v) is 6.82. The van der Waals surface area contributed by atoms with Gasteiger partial charge in [0.1, 0.15) is 5.75 Å². The van der Waals surface area contributed by atoms with Crippen LogP contribution in [0.5, 0.6) is 5.75 Å². The van der Waals surface area contributed by atoms with Crippen molar-refractivity contribution in [3.63, 3.8) is 0 Å². The van der Waals surface area contributed by atoms with Crippen LogP contribution >= 0.6 is 34.8 Å². The zero-order chi connectivity index (χ0) is 12.3. The average molecular weight is 296 g/mol. The summed E-state index contributed by atoms with van der Waals surface area (Å²) in [7, 11) is 0. The Hall–Kier alpha value is -0.150. The lowest BCUT2D eigenvalue weighted by molar-refractivity contribution is -0.106. The molecule has 1 atom stereocenters. The molecule has 0 bridgehead atoms. The van der Waals surface area contributed by atoms with Crippen LogP contribution in [-0.2, 0) is 10.6 Å².